The lowest BCUT2D eigenvalue weighted by Gasteiger charge is -2.14. The Morgan fingerprint density at radius 1 is 1.00 bits per heavy atom. The molecule has 1 atom stereocenters. The monoisotopic (exact) mass is 286 g/mol. The molecule has 1 heterocycles. The number of hydrogen-bond acceptors (Lipinski definition) is 2. The standard InChI is InChI=1S/C17H15ClO2/c1-11-12(9-10-20-11)17(18)15-7-8-16(19-2)14-6-4-3-5-13(14)15/h3-10,17H,1-2H3. The van der Waals surface area contributed by atoms with Gasteiger partial charge < -0.3 is 9.15 Å². The van der Waals surface area contributed by atoms with Crippen LogP contribution < -0.4 is 4.74 Å². The van der Waals surface area contributed by atoms with E-state index >= 15 is 0 Å². The maximum Gasteiger partial charge on any atom is 0.126 e. The van der Waals surface area contributed by atoms with Gasteiger partial charge in [0, 0.05) is 10.9 Å². The zero-order valence-corrected chi connectivity index (χ0v) is 12.1. The van der Waals surface area contributed by atoms with Crippen molar-refractivity contribution in [2.75, 3.05) is 7.11 Å². The van der Waals surface area contributed by atoms with Gasteiger partial charge in [-0.3, -0.25) is 0 Å². The van der Waals surface area contributed by atoms with Crippen LogP contribution in [0.1, 0.15) is 22.3 Å². The number of hydrogen-bond donors (Lipinski definition) is 0. The molecule has 0 radical (unpaired) electrons. The fourth-order valence-corrected chi connectivity index (χ4v) is 2.94. The SMILES string of the molecule is COc1ccc(C(Cl)c2ccoc2C)c2ccccc12. The average molecular weight is 287 g/mol. The van der Waals surface area contributed by atoms with Crippen LogP contribution >= 0.6 is 11.6 Å². The predicted molar refractivity (Wildman–Crippen MR) is 81.6 cm³/mol. The first-order valence-electron chi connectivity index (χ1n) is 6.46. The van der Waals surface area contributed by atoms with Gasteiger partial charge in [-0.05, 0) is 30.0 Å². The van der Waals surface area contributed by atoms with E-state index in [9.17, 15) is 0 Å². The number of rotatable bonds is 3. The van der Waals surface area contributed by atoms with Crippen LogP contribution in [0.4, 0.5) is 0 Å². The maximum absolute atomic E-state index is 6.65. The highest BCUT2D eigenvalue weighted by atomic mass is 35.5. The number of aryl methyl sites for hydroxylation is 1. The molecule has 0 saturated heterocycles. The topological polar surface area (TPSA) is 22.4 Å². The van der Waals surface area contributed by atoms with Crippen LogP contribution in [0.15, 0.2) is 53.1 Å². The lowest BCUT2D eigenvalue weighted by atomic mass is 9.97. The molecule has 0 N–H and O–H groups in total. The van der Waals surface area contributed by atoms with Crippen LogP contribution in [-0.2, 0) is 0 Å². The molecule has 0 amide bonds. The summed E-state index contributed by atoms with van der Waals surface area (Å²) in [7, 11) is 1.68. The molecule has 3 aromatic rings. The second kappa shape index (κ2) is 5.22. The van der Waals surface area contributed by atoms with E-state index in [-0.39, 0.29) is 5.38 Å². The summed E-state index contributed by atoms with van der Waals surface area (Å²) in [6.45, 7) is 1.93. The van der Waals surface area contributed by atoms with E-state index in [1.807, 2.05) is 43.3 Å². The minimum absolute atomic E-state index is 0.232. The molecule has 102 valence electrons. The predicted octanol–water partition coefficient (Wildman–Crippen LogP) is 5.08. The number of alkyl halides is 1. The van der Waals surface area contributed by atoms with Crippen molar-refractivity contribution in [1.29, 1.82) is 0 Å². The smallest absolute Gasteiger partial charge is 0.126 e. The highest BCUT2D eigenvalue weighted by molar-refractivity contribution is 6.23. The molecule has 1 aromatic heterocycles. The average Bonchev–Trinajstić information content (AvgIpc) is 2.91. The van der Waals surface area contributed by atoms with Gasteiger partial charge in [-0.2, -0.15) is 0 Å². The fourth-order valence-electron chi connectivity index (χ4n) is 2.52. The Balaban J connectivity index is 2.20. The van der Waals surface area contributed by atoms with E-state index in [1.165, 1.54) is 0 Å². The molecule has 0 bridgehead atoms. The fraction of sp³-hybridized carbons (Fsp3) is 0.176. The molecule has 20 heavy (non-hydrogen) atoms. The largest absolute Gasteiger partial charge is 0.496 e. The van der Waals surface area contributed by atoms with Crippen molar-refractivity contribution in [2.24, 2.45) is 0 Å². The molecule has 2 aromatic carbocycles. The Morgan fingerprint density at radius 2 is 1.75 bits per heavy atom. The van der Waals surface area contributed by atoms with Crippen LogP contribution in [0, 0.1) is 6.92 Å². The summed E-state index contributed by atoms with van der Waals surface area (Å²) in [6.07, 6.45) is 1.67. The summed E-state index contributed by atoms with van der Waals surface area (Å²) in [5.74, 6) is 1.71. The minimum Gasteiger partial charge on any atom is -0.496 e. The summed E-state index contributed by atoms with van der Waals surface area (Å²) in [6, 6.07) is 14.0. The molecular weight excluding hydrogens is 272 g/mol. The molecule has 3 heteroatoms. The zero-order chi connectivity index (χ0) is 14.1. The maximum atomic E-state index is 6.65. The van der Waals surface area contributed by atoms with Gasteiger partial charge in [0.25, 0.3) is 0 Å². The van der Waals surface area contributed by atoms with Crippen molar-refractivity contribution >= 4 is 22.4 Å². The molecule has 0 aliphatic heterocycles. The number of furan rings is 1. The van der Waals surface area contributed by atoms with Crippen LogP contribution in [0.25, 0.3) is 10.8 Å². The first-order valence-corrected chi connectivity index (χ1v) is 6.89. The van der Waals surface area contributed by atoms with E-state index < -0.39 is 0 Å². The molecule has 0 spiro atoms. The Hall–Kier alpha value is -1.93. The molecule has 1 unspecified atom stereocenters. The van der Waals surface area contributed by atoms with Crippen LogP contribution in [0.2, 0.25) is 0 Å². The molecule has 0 aliphatic rings. The number of methoxy groups -OCH3 is 1. The number of halogens is 1. The van der Waals surface area contributed by atoms with Crippen LogP contribution in [0.5, 0.6) is 5.75 Å². The van der Waals surface area contributed by atoms with Gasteiger partial charge in [0.2, 0.25) is 0 Å². The Morgan fingerprint density at radius 3 is 2.40 bits per heavy atom. The second-order valence-electron chi connectivity index (χ2n) is 4.70. The summed E-state index contributed by atoms with van der Waals surface area (Å²) >= 11 is 6.65. The molecule has 0 saturated carbocycles. The van der Waals surface area contributed by atoms with Crippen molar-refractivity contribution in [1.82, 2.24) is 0 Å². The van der Waals surface area contributed by atoms with Gasteiger partial charge in [0.15, 0.2) is 0 Å². The van der Waals surface area contributed by atoms with Crippen molar-refractivity contribution in [3.8, 4) is 5.75 Å². The molecule has 2 nitrogen and oxygen atoms in total. The summed E-state index contributed by atoms with van der Waals surface area (Å²) in [4.78, 5) is 0. The minimum atomic E-state index is -0.232. The number of ether oxygens (including phenoxy) is 1. The quantitative estimate of drug-likeness (QED) is 0.627. The summed E-state index contributed by atoms with van der Waals surface area (Å²) in [5, 5.41) is 1.94. The van der Waals surface area contributed by atoms with E-state index in [0.29, 0.717) is 0 Å². The summed E-state index contributed by atoms with van der Waals surface area (Å²) < 4.78 is 10.8. The Kier molecular flexibility index (Phi) is 3.41. The van der Waals surface area contributed by atoms with Crippen molar-refractivity contribution in [3.63, 3.8) is 0 Å². The Bertz CT molecular complexity index is 746. The molecule has 0 aliphatic carbocycles. The van der Waals surface area contributed by atoms with Crippen molar-refractivity contribution in [2.45, 2.75) is 12.3 Å². The first kappa shape index (κ1) is 13.1. The van der Waals surface area contributed by atoms with Gasteiger partial charge in [-0.1, -0.05) is 30.3 Å². The summed E-state index contributed by atoms with van der Waals surface area (Å²) in [5.41, 5.74) is 2.06. The van der Waals surface area contributed by atoms with Crippen LogP contribution in [0.3, 0.4) is 0 Å². The van der Waals surface area contributed by atoms with E-state index in [0.717, 1.165) is 33.4 Å². The third-order valence-corrected chi connectivity index (χ3v) is 4.05. The highest BCUT2D eigenvalue weighted by Crippen LogP contribution is 2.38. The van der Waals surface area contributed by atoms with E-state index in [1.54, 1.807) is 13.4 Å². The van der Waals surface area contributed by atoms with E-state index in [2.05, 4.69) is 6.07 Å². The lowest BCUT2D eigenvalue weighted by Crippen LogP contribution is -1.96. The lowest BCUT2D eigenvalue weighted by molar-refractivity contribution is 0.419. The third kappa shape index (κ3) is 2.06. The molecule has 3 rings (SSSR count). The van der Waals surface area contributed by atoms with Crippen LogP contribution in [-0.4, -0.2) is 7.11 Å². The Labute approximate surface area is 122 Å². The second-order valence-corrected chi connectivity index (χ2v) is 5.13. The van der Waals surface area contributed by atoms with Gasteiger partial charge in [0.05, 0.1) is 18.8 Å². The number of fused-ring (bicyclic) bond motifs is 1. The zero-order valence-electron chi connectivity index (χ0n) is 11.4. The highest BCUT2D eigenvalue weighted by Gasteiger charge is 2.18. The van der Waals surface area contributed by atoms with Crippen molar-refractivity contribution < 1.29 is 9.15 Å². The first-order chi connectivity index (χ1) is 9.72. The van der Waals surface area contributed by atoms with E-state index in [4.69, 9.17) is 20.8 Å². The molecular formula is C17H15ClO2. The van der Waals surface area contributed by atoms with Gasteiger partial charge in [-0.15, -0.1) is 11.6 Å². The van der Waals surface area contributed by atoms with Gasteiger partial charge in [-0.25, -0.2) is 0 Å². The third-order valence-electron chi connectivity index (χ3n) is 3.58. The van der Waals surface area contributed by atoms with Gasteiger partial charge >= 0.3 is 0 Å². The van der Waals surface area contributed by atoms with Gasteiger partial charge in [0.1, 0.15) is 11.5 Å². The van der Waals surface area contributed by atoms with Crippen molar-refractivity contribution in [3.05, 3.63) is 65.6 Å². The normalized spacial score (nSPS) is 12.6. The number of benzene rings is 2. The molecule has 0 fully saturated rings.